The Morgan fingerprint density at radius 2 is 1.71 bits per heavy atom. The van der Waals surface area contributed by atoms with Crippen molar-refractivity contribution >= 4 is 72.9 Å². The molecule has 0 aliphatic rings. The Kier molecular flexibility index (Phi) is 6.24. The topological polar surface area (TPSA) is 104 Å². The number of thiophene rings is 1. The predicted molar refractivity (Wildman–Crippen MR) is 141 cm³/mol. The van der Waals surface area contributed by atoms with E-state index in [-0.39, 0.29) is 20.8 Å². The lowest BCUT2D eigenvalue weighted by Crippen LogP contribution is -2.13. The Morgan fingerprint density at radius 1 is 0.943 bits per heavy atom. The molecule has 11 heteroatoms. The van der Waals surface area contributed by atoms with Crippen molar-refractivity contribution in [2.75, 3.05) is 10.0 Å². The van der Waals surface area contributed by atoms with E-state index in [4.69, 9.17) is 23.2 Å². The molecule has 5 aromatic rings. The largest absolute Gasteiger partial charge is 0.304 e. The van der Waals surface area contributed by atoms with Gasteiger partial charge < -0.3 is 5.32 Å². The number of nitrogens with one attached hydrogen (secondary N) is 3. The van der Waals surface area contributed by atoms with E-state index < -0.39 is 10.0 Å². The molecule has 176 valence electrons. The molecule has 35 heavy (non-hydrogen) atoms. The molecule has 1 amide bonds. The number of rotatable bonds is 6. The van der Waals surface area contributed by atoms with Crippen molar-refractivity contribution in [1.29, 1.82) is 0 Å². The Bertz CT molecular complexity index is 1650. The summed E-state index contributed by atoms with van der Waals surface area (Å²) in [6, 6.07) is 20.6. The number of H-pyrrole nitrogens is 1. The molecule has 0 spiro atoms. The highest BCUT2D eigenvalue weighted by Gasteiger charge is 2.20. The fourth-order valence-electron chi connectivity index (χ4n) is 3.50. The molecule has 0 radical (unpaired) electrons. The molecule has 5 rings (SSSR count). The standard InChI is InChI=1S/C24H16Cl2N4O3S2/c25-18-3-1-5-21(22(18)26)35(32,33)30-16-9-6-14(7-10-16)15-8-11-17-19(13-15)28-29-23(17)27-24(31)20-4-2-12-34-20/h1-13,30H,(H2,27,28,29,31). The van der Waals surface area contributed by atoms with Gasteiger partial charge in [-0.1, -0.05) is 53.5 Å². The molecule has 0 atom stereocenters. The van der Waals surface area contributed by atoms with Crippen LogP contribution < -0.4 is 10.0 Å². The number of sulfonamides is 1. The third-order valence-electron chi connectivity index (χ3n) is 5.22. The first-order chi connectivity index (χ1) is 16.8. The van der Waals surface area contributed by atoms with Crippen molar-refractivity contribution < 1.29 is 13.2 Å². The van der Waals surface area contributed by atoms with Crippen LogP contribution in [-0.4, -0.2) is 24.5 Å². The van der Waals surface area contributed by atoms with Crippen LogP contribution in [0.15, 0.2) is 83.1 Å². The minimum Gasteiger partial charge on any atom is -0.304 e. The van der Waals surface area contributed by atoms with E-state index in [2.05, 4.69) is 20.2 Å². The van der Waals surface area contributed by atoms with Crippen LogP contribution >= 0.6 is 34.5 Å². The van der Waals surface area contributed by atoms with Crippen LogP contribution in [0.1, 0.15) is 9.67 Å². The zero-order chi connectivity index (χ0) is 24.6. The summed E-state index contributed by atoms with van der Waals surface area (Å²) >= 11 is 13.4. The molecule has 0 aliphatic carbocycles. The summed E-state index contributed by atoms with van der Waals surface area (Å²) in [4.78, 5) is 12.9. The molecule has 0 unspecified atom stereocenters. The predicted octanol–water partition coefficient (Wildman–Crippen LogP) is 6.65. The van der Waals surface area contributed by atoms with Crippen molar-refractivity contribution in [2.24, 2.45) is 0 Å². The fraction of sp³-hybridized carbons (Fsp3) is 0. The second-order valence-electron chi connectivity index (χ2n) is 7.50. The summed E-state index contributed by atoms with van der Waals surface area (Å²) in [5.74, 6) is 0.240. The SMILES string of the molecule is O=C(Nc1n[nH]c2cc(-c3ccc(NS(=O)(=O)c4cccc(Cl)c4Cl)cc3)ccc12)c1cccs1. The number of nitrogens with zero attached hydrogens (tertiary/aromatic N) is 1. The lowest BCUT2D eigenvalue weighted by Gasteiger charge is -2.11. The number of carbonyl (C=O) groups excluding carboxylic acids is 1. The number of hydrogen-bond donors (Lipinski definition) is 3. The molecule has 0 bridgehead atoms. The monoisotopic (exact) mass is 542 g/mol. The van der Waals surface area contributed by atoms with Gasteiger partial charge in [0.25, 0.3) is 15.9 Å². The Hall–Kier alpha value is -3.37. The molecule has 0 saturated heterocycles. The van der Waals surface area contributed by atoms with Crippen LogP contribution in [0.25, 0.3) is 22.0 Å². The van der Waals surface area contributed by atoms with Crippen molar-refractivity contribution in [3.63, 3.8) is 0 Å². The summed E-state index contributed by atoms with van der Waals surface area (Å²) in [6.45, 7) is 0. The van der Waals surface area contributed by atoms with Gasteiger partial charge in [-0.15, -0.1) is 11.3 Å². The third-order valence-corrected chi connectivity index (χ3v) is 8.44. The molecule has 3 N–H and O–H groups in total. The average Bonchev–Trinajstić information content (AvgIpc) is 3.51. The summed E-state index contributed by atoms with van der Waals surface area (Å²) in [5.41, 5.74) is 2.90. The zero-order valence-corrected chi connectivity index (χ0v) is 20.9. The van der Waals surface area contributed by atoms with E-state index in [9.17, 15) is 13.2 Å². The van der Waals surface area contributed by atoms with Crippen molar-refractivity contribution in [1.82, 2.24) is 10.2 Å². The van der Waals surface area contributed by atoms with Gasteiger partial charge in [-0.05, 0) is 59.0 Å². The number of hydrogen-bond acceptors (Lipinski definition) is 5. The van der Waals surface area contributed by atoms with Crippen molar-refractivity contribution in [2.45, 2.75) is 4.90 Å². The number of anilines is 2. The van der Waals surface area contributed by atoms with Gasteiger partial charge in [0.2, 0.25) is 0 Å². The Balaban J connectivity index is 1.35. The molecule has 0 fully saturated rings. The number of halogens is 2. The van der Waals surface area contributed by atoms with Crippen LogP contribution in [0.5, 0.6) is 0 Å². The van der Waals surface area contributed by atoms with Crippen molar-refractivity contribution in [3.05, 3.63) is 93.1 Å². The molecular formula is C24H16Cl2N4O3S2. The molecule has 2 aromatic heterocycles. The third kappa shape index (κ3) is 4.76. The maximum absolute atomic E-state index is 12.7. The minimum atomic E-state index is -3.91. The van der Waals surface area contributed by atoms with Gasteiger partial charge in [0.1, 0.15) is 4.90 Å². The van der Waals surface area contributed by atoms with Crippen LogP contribution in [0.2, 0.25) is 10.0 Å². The molecule has 0 aliphatic heterocycles. The number of carbonyl (C=O) groups is 1. The average molecular weight is 543 g/mol. The van der Waals surface area contributed by atoms with E-state index in [1.807, 2.05) is 29.6 Å². The summed E-state index contributed by atoms with van der Waals surface area (Å²) < 4.78 is 28.0. The molecule has 0 saturated carbocycles. The lowest BCUT2D eigenvalue weighted by molar-refractivity contribution is 0.103. The number of aromatic nitrogens is 2. The van der Waals surface area contributed by atoms with Crippen LogP contribution in [0.4, 0.5) is 11.5 Å². The number of amides is 1. The maximum atomic E-state index is 12.7. The van der Waals surface area contributed by atoms with Crippen molar-refractivity contribution in [3.8, 4) is 11.1 Å². The molecular weight excluding hydrogens is 527 g/mol. The zero-order valence-electron chi connectivity index (χ0n) is 17.7. The minimum absolute atomic E-state index is 0.0305. The van der Waals surface area contributed by atoms with Gasteiger partial charge in [0, 0.05) is 11.1 Å². The number of benzene rings is 3. The highest BCUT2D eigenvalue weighted by atomic mass is 35.5. The van der Waals surface area contributed by atoms with Gasteiger partial charge in [-0.25, -0.2) is 8.42 Å². The highest BCUT2D eigenvalue weighted by molar-refractivity contribution is 7.92. The highest BCUT2D eigenvalue weighted by Crippen LogP contribution is 2.31. The van der Waals surface area contributed by atoms with Crippen LogP contribution in [-0.2, 0) is 10.0 Å². The summed E-state index contributed by atoms with van der Waals surface area (Å²) in [6.07, 6.45) is 0. The van der Waals surface area contributed by atoms with E-state index >= 15 is 0 Å². The Morgan fingerprint density at radius 3 is 2.46 bits per heavy atom. The quantitative estimate of drug-likeness (QED) is 0.223. The summed E-state index contributed by atoms with van der Waals surface area (Å²) in [7, 11) is -3.91. The maximum Gasteiger partial charge on any atom is 0.266 e. The van der Waals surface area contributed by atoms with E-state index in [0.717, 1.165) is 22.0 Å². The molecule has 7 nitrogen and oxygen atoms in total. The van der Waals surface area contributed by atoms with Crippen LogP contribution in [0.3, 0.4) is 0 Å². The van der Waals surface area contributed by atoms with E-state index in [1.165, 1.54) is 29.5 Å². The molecule has 2 heterocycles. The van der Waals surface area contributed by atoms with E-state index in [1.54, 1.807) is 30.3 Å². The smallest absolute Gasteiger partial charge is 0.266 e. The van der Waals surface area contributed by atoms with E-state index in [0.29, 0.717) is 16.4 Å². The number of aromatic amines is 1. The van der Waals surface area contributed by atoms with Gasteiger partial charge >= 0.3 is 0 Å². The lowest BCUT2D eigenvalue weighted by atomic mass is 10.0. The Labute approximate surface area is 214 Å². The first-order valence-electron chi connectivity index (χ1n) is 10.2. The first kappa shape index (κ1) is 23.4. The van der Waals surface area contributed by atoms with Gasteiger partial charge in [-0.3, -0.25) is 14.6 Å². The summed E-state index contributed by atoms with van der Waals surface area (Å²) in [5, 5.41) is 12.7. The molecule has 3 aromatic carbocycles. The second-order valence-corrected chi connectivity index (χ2v) is 10.9. The van der Waals surface area contributed by atoms with Gasteiger partial charge in [-0.2, -0.15) is 5.10 Å². The van der Waals surface area contributed by atoms with Gasteiger partial charge in [0.05, 0.1) is 20.4 Å². The van der Waals surface area contributed by atoms with Gasteiger partial charge in [0.15, 0.2) is 5.82 Å². The second kappa shape index (κ2) is 9.35. The normalized spacial score (nSPS) is 11.5. The van der Waals surface area contributed by atoms with Crippen LogP contribution in [0, 0.1) is 0 Å². The number of fused-ring (bicyclic) bond motifs is 1. The fourth-order valence-corrected chi connectivity index (χ4v) is 5.94. The first-order valence-corrected chi connectivity index (χ1v) is 13.3.